The summed E-state index contributed by atoms with van der Waals surface area (Å²) in [5.41, 5.74) is 5.98. The summed E-state index contributed by atoms with van der Waals surface area (Å²) < 4.78 is 3.03. The quantitative estimate of drug-likeness (QED) is 0.684. The van der Waals surface area contributed by atoms with E-state index < -0.39 is 11.2 Å². The van der Waals surface area contributed by atoms with Gasteiger partial charge in [-0.05, 0) is 13.0 Å². The number of hydrogen-bond acceptors (Lipinski definition) is 5. The first kappa shape index (κ1) is 13.9. The molecule has 0 aliphatic heterocycles. The number of nitrogen functional groups attached to an aromatic ring is 1. The van der Waals surface area contributed by atoms with E-state index in [1.54, 1.807) is 11.6 Å². The van der Waals surface area contributed by atoms with Gasteiger partial charge in [-0.25, -0.2) is 4.79 Å². The molecule has 0 aromatic carbocycles. The maximum atomic E-state index is 11.7. The third-order valence-electron chi connectivity index (χ3n) is 3.01. The second-order valence-electron chi connectivity index (χ2n) is 4.42. The summed E-state index contributed by atoms with van der Waals surface area (Å²) in [6.07, 6.45) is 2.51. The zero-order valence-electron chi connectivity index (χ0n) is 11.5. The number of aryl methyl sites for hydroxylation is 1. The first-order valence-corrected chi connectivity index (χ1v) is 6.38. The number of anilines is 2. The first-order valence-electron chi connectivity index (χ1n) is 6.38. The van der Waals surface area contributed by atoms with Crippen molar-refractivity contribution < 1.29 is 0 Å². The zero-order valence-corrected chi connectivity index (χ0v) is 11.5. The van der Waals surface area contributed by atoms with Gasteiger partial charge in [0.2, 0.25) is 0 Å². The largest absolute Gasteiger partial charge is 0.383 e. The molecule has 0 fully saturated rings. The zero-order chi connectivity index (χ0) is 14.7. The van der Waals surface area contributed by atoms with Gasteiger partial charge in [0.05, 0.1) is 5.69 Å². The molecule has 8 heteroatoms. The van der Waals surface area contributed by atoms with Gasteiger partial charge in [0.1, 0.15) is 11.5 Å². The number of H-pyrrole nitrogens is 1. The Morgan fingerprint density at radius 2 is 2.20 bits per heavy atom. The van der Waals surface area contributed by atoms with Gasteiger partial charge in [-0.3, -0.25) is 19.0 Å². The lowest BCUT2D eigenvalue weighted by Crippen LogP contribution is -2.34. The third-order valence-corrected chi connectivity index (χ3v) is 3.01. The van der Waals surface area contributed by atoms with Crippen LogP contribution >= 0.6 is 0 Å². The summed E-state index contributed by atoms with van der Waals surface area (Å²) in [6, 6.07) is 1.90. The molecule has 0 unspecified atom stereocenters. The van der Waals surface area contributed by atoms with Gasteiger partial charge in [0, 0.05) is 32.8 Å². The minimum atomic E-state index is -0.502. The van der Waals surface area contributed by atoms with Gasteiger partial charge in [-0.2, -0.15) is 5.10 Å². The molecular weight excluding hydrogens is 260 g/mol. The fourth-order valence-corrected chi connectivity index (χ4v) is 1.98. The van der Waals surface area contributed by atoms with Gasteiger partial charge in [-0.15, -0.1) is 0 Å². The normalized spacial score (nSPS) is 10.7. The molecule has 2 heterocycles. The molecule has 2 aromatic rings. The highest BCUT2D eigenvalue weighted by Crippen LogP contribution is 2.09. The Hall–Kier alpha value is -2.51. The van der Waals surface area contributed by atoms with E-state index in [0.717, 1.165) is 5.69 Å². The van der Waals surface area contributed by atoms with Crippen LogP contribution in [0.1, 0.15) is 12.6 Å². The van der Waals surface area contributed by atoms with Crippen LogP contribution in [0.3, 0.4) is 0 Å². The molecule has 0 bridgehead atoms. The highest BCUT2D eigenvalue weighted by atomic mass is 16.2. The predicted molar refractivity (Wildman–Crippen MR) is 76.8 cm³/mol. The Labute approximate surface area is 115 Å². The van der Waals surface area contributed by atoms with Crippen molar-refractivity contribution in [3.05, 3.63) is 38.8 Å². The summed E-state index contributed by atoms with van der Waals surface area (Å²) in [7, 11) is 1.84. The van der Waals surface area contributed by atoms with E-state index >= 15 is 0 Å². The van der Waals surface area contributed by atoms with Crippen LogP contribution in [0.5, 0.6) is 0 Å². The Balaban J connectivity index is 2.13. The maximum absolute atomic E-state index is 11.7. The second kappa shape index (κ2) is 5.64. The highest BCUT2D eigenvalue weighted by molar-refractivity contribution is 5.60. The highest BCUT2D eigenvalue weighted by Gasteiger charge is 2.10. The molecule has 0 saturated heterocycles. The molecule has 0 saturated carbocycles. The lowest BCUT2D eigenvalue weighted by atomic mass is 10.3. The van der Waals surface area contributed by atoms with Crippen molar-refractivity contribution in [3.8, 4) is 0 Å². The number of rotatable bonds is 5. The number of nitrogens with zero attached hydrogens (tertiary/aromatic N) is 3. The van der Waals surface area contributed by atoms with Crippen molar-refractivity contribution in [2.45, 2.75) is 19.9 Å². The van der Waals surface area contributed by atoms with Crippen LogP contribution < -0.4 is 22.3 Å². The lowest BCUT2D eigenvalue weighted by molar-refractivity contribution is 0.705. The number of nitrogens with two attached hydrogens (primary N) is 1. The van der Waals surface area contributed by atoms with Crippen LogP contribution in [0.15, 0.2) is 21.9 Å². The lowest BCUT2D eigenvalue weighted by Gasteiger charge is -2.11. The average molecular weight is 278 g/mol. The van der Waals surface area contributed by atoms with Crippen LogP contribution in [0.25, 0.3) is 0 Å². The second-order valence-corrected chi connectivity index (χ2v) is 4.42. The van der Waals surface area contributed by atoms with Gasteiger partial charge < -0.3 is 11.1 Å². The molecule has 0 radical (unpaired) electrons. The van der Waals surface area contributed by atoms with Gasteiger partial charge in [0.15, 0.2) is 0 Å². The minimum Gasteiger partial charge on any atom is -0.383 e. The molecule has 2 aromatic heterocycles. The van der Waals surface area contributed by atoms with Crippen molar-refractivity contribution >= 4 is 11.5 Å². The van der Waals surface area contributed by atoms with E-state index in [9.17, 15) is 9.59 Å². The molecule has 0 spiro atoms. The summed E-state index contributed by atoms with van der Waals surface area (Å²) in [6.45, 7) is 2.69. The van der Waals surface area contributed by atoms with Gasteiger partial charge >= 0.3 is 5.69 Å². The van der Waals surface area contributed by atoms with Gasteiger partial charge in [0.25, 0.3) is 5.56 Å². The predicted octanol–water partition coefficient (Wildman–Crippen LogP) is -0.473. The molecule has 0 aliphatic rings. The molecule has 8 nitrogen and oxygen atoms in total. The standard InChI is InChI=1S/C12H18N6O2/c1-3-18-10(13)9(11(19)15-12(18)20)14-6-4-8-5-7-17(2)16-8/h5,7,14H,3-4,6,13H2,1-2H3,(H,15,19,20). The summed E-state index contributed by atoms with van der Waals surface area (Å²) in [5, 5.41) is 7.20. The van der Waals surface area contributed by atoms with Crippen LogP contribution in [0, 0.1) is 0 Å². The van der Waals surface area contributed by atoms with Crippen LogP contribution in [-0.4, -0.2) is 25.9 Å². The van der Waals surface area contributed by atoms with Crippen LogP contribution in [0.2, 0.25) is 0 Å². The number of aromatic amines is 1. The van der Waals surface area contributed by atoms with E-state index in [4.69, 9.17) is 5.73 Å². The van der Waals surface area contributed by atoms with E-state index in [1.165, 1.54) is 4.57 Å². The summed E-state index contributed by atoms with van der Waals surface area (Å²) in [4.78, 5) is 25.5. The van der Waals surface area contributed by atoms with E-state index in [-0.39, 0.29) is 11.5 Å². The fraction of sp³-hybridized carbons (Fsp3) is 0.417. The molecule has 0 aliphatic carbocycles. The fourth-order valence-electron chi connectivity index (χ4n) is 1.98. The topological polar surface area (TPSA) is 111 Å². The molecule has 4 N–H and O–H groups in total. The molecular formula is C12H18N6O2. The van der Waals surface area contributed by atoms with Gasteiger partial charge in [-0.1, -0.05) is 0 Å². The van der Waals surface area contributed by atoms with E-state index in [2.05, 4.69) is 15.4 Å². The van der Waals surface area contributed by atoms with Crippen LogP contribution in [0.4, 0.5) is 11.5 Å². The average Bonchev–Trinajstić information content (AvgIpc) is 2.79. The molecule has 0 atom stereocenters. The maximum Gasteiger partial charge on any atom is 0.330 e. The van der Waals surface area contributed by atoms with E-state index in [1.807, 2.05) is 19.3 Å². The Morgan fingerprint density at radius 3 is 2.80 bits per heavy atom. The SMILES string of the molecule is CCn1c(N)c(NCCc2ccn(C)n2)c(=O)[nH]c1=O. The smallest absolute Gasteiger partial charge is 0.330 e. The van der Waals surface area contributed by atoms with Crippen molar-refractivity contribution in [1.29, 1.82) is 0 Å². The molecule has 0 amide bonds. The molecule has 20 heavy (non-hydrogen) atoms. The van der Waals surface area contributed by atoms with Crippen LogP contribution in [-0.2, 0) is 20.0 Å². The minimum absolute atomic E-state index is 0.155. The monoisotopic (exact) mass is 278 g/mol. The van der Waals surface area contributed by atoms with Crippen molar-refractivity contribution in [2.24, 2.45) is 7.05 Å². The summed E-state index contributed by atoms with van der Waals surface area (Å²) >= 11 is 0. The number of hydrogen-bond donors (Lipinski definition) is 3. The molecule has 108 valence electrons. The Kier molecular flexibility index (Phi) is 3.92. The Morgan fingerprint density at radius 1 is 1.45 bits per heavy atom. The van der Waals surface area contributed by atoms with Crippen molar-refractivity contribution in [2.75, 3.05) is 17.6 Å². The van der Waals surface area contributed by atoms with Crippen molar-refractivity contribution in [1.82, 2.24) is 19.3 Å². The number of aromatic nitrogens is 4. The first-order chi connectivity index (χ1) is 9.52. The number of nitrogens with one attached hydrogen (secondary N) is 2. The van der Waals surface area contributed by atoms with Crippen molar-refractivity contribution in [3.63, 3.8) is 0 Å². The Bertz CT molecular complexity index is 711. The third kappa shape index (κ3) is 2.73. The molecule has 2 rings (SSSR count). The van der Waals surface area contributed by atoms with E-state index in [0.29, 0.717) is 19.5 Å². The summed E-state index contributed by atoms with van der Waals surface area (Å²) in [5.74, 6) is 0.155.